The summed E-state index contributed by atoms with van der Waals surface area (Å²) in [6.45, 7) is 1.69. The van der Waals surface area contributed by atoms with E-state index >= 15 is 0 Å². The lowest BCUT2D eigenvalue weighted by atomic mass is 10.1. The Kier molecular flexibility index (Phi) is 5.24. The third kappa shape index (κ3) is 3.64. The van der Waals surface area contributed by atoms with Gasteiger partial charge < -0.3 is 10.1 Å². The zero-order chi connectivity index (χ0) is 21.1. The fourth-order valence-electron chi connectivity index (χ4n) is 2.85. The summed E-state index contributed by atoms with van der Waals surface area (Å²) in [6, 6.07) is 18.4. The van der Waals surface area contributed by atoms with Crippen molar-refractivity contribution in [3.63, 3.8) is 0 Å². The molecule has 0 radical (unpaired) electrons. The largest absolute Gasteiger partial charge is 0.497 e. The average Bonchev–Trinajstić information content (AvgIpc) is 3.23. The molecule has 0 amide bonds. The van der Waals surface area contributed by atoms with E-state index in [1.54, 1.807) is 38.3 Å². The van der Waals surface area contributed by atoms with Gasteiger partial charge in [-0.3, -0.25) is 4.79 Å². The van der Waals surface area contributed by atoms with Crippen LogP contribution in [0.4, 0.5) is 10.8 Å². The number of methoxy groups -OCH3 is 1. The lowest BCUT2D eigenvalue weighted by Crippen LogP contribution is -2.25. The van der Waals surface area contributed by atoms with Crippen LogP contribution in [0.1, 0.15) is 11.1 Å². The van der Waals surface area contributed by atoms with Crippen molar-refractivity contribution in [3.05, 3.63) is 76.1 Å². The number of rotatable bonds is 5. The van der Waals surface area contributed by atoms with E-state index in [1.165, 1.54) is 16.0 Å². The minimum atomic E-state index is -0.490. The molecule has 9 heteroatoms. The zero-order valence-electron chi connectivity index (χ0n) is 16.2. The SMILES string of the molecule is COc1ccc(-n2nc(-c3nnc(Nc4ccccc4)s3)c(C)c(C#N)c2=O)cc1. The van der Waals surface area contributed by atoms with Crippen LogP contribution in [0.3, 0.4) is 0 Å². The van der Waals surface area contributed by atoms with E-state index < -0.39 is 5.56 Å². The van der Waals surface area contributed by atoms with E-state index in [4.69, 9.17) is 4.74 Å². The zero-order valence-corrected chi connectivity index (χ0v) is 17.0. The van der Waals surface area contributed by atoms with E-state index in [-0.39, 0.29) is 5.56 Å². The normalized spacial score (nSPS) is 10.4. The predicted octanol–water partition coefficient (Wildman–Crippen LogP) is 3.68. The van der Waals surface area contributed by atoms with Gasteiger partial charge in [0.05, 0.1) is 12.8 Å². The second kappa shape index (κ2) is 8.14. The number of anilines is 2. The maximum atomic E-state index is 12.8. The first-order valence-corrected chi connectivity index (χ1v) is 9.76. The fourth-order valence-corrected chi connectivity index (χ4v) is 3.66. The van der Waals surface area contributed by atoms with Gasteiger partial charge in [-0.1, -0.05) is 29.5 Å². The van der Waals surface area contributed by atoms with Crippen molar-refractivity contribution in [1.29, 1.82) is 5.26 Å². The van der Waals surface area contributed by atoms with Crippen molar-refractivity contribution in [2.45, 2.75) is 6.92 Å². The highest BCUT2D eigenvalue weighted by atomic mass is 32.1. The maximum absolute atomic E-state index is 12.8. The number of nitriles is 1. The number of hydrogen-bond acceptors (Lipinski definition) is 8. The Balaban J connectivity index is 1.78. The summed E-state index contributed by atoms with van der Waals surface area (Å²) in [4.78, 5) is 12.8. The molecule has 0 spiro atoms. The van der Waals surface area contributed by atoms with Crippen molar-refractivity contribution in [2.75, 3.05) is 12.4 Å². The van der Waals surface area contributed by atoms with Crippen molar-refractivity contribution in [1.82, 2.24) is 20.0 Å². The quantitative estimate of drug-likeness (QED) is 0.529. The third-order valence-electron chi connectivity index (χ3n) is 4.42. The molecule has 0 fully saturated rings. The first-order valence-electron chi connectivity index (χ1n) is 8.95. The summed E-state index contributed by atoms with van der Waals surface area (Å²) < 4.78 is 6.36. The Hall–Kier alpha value is -4.03. The van der Waals surface area contributed by atoms with Crippen LogP contribution in [0.15, 0.2) is 59.4 Å². The summed E-state index contributed by atoms with van der Waals surface area (Å²) in [6.07, 6.45) is 0. The molecule has 0 aliphatic rings. The molecule has 1 N–H and O–H groups in total. The Bertz CT molecular complexity index is 1290. The van der Waals surface area contributed by atoms with Crippen LogP contribution in [0.2, 0.25) is 0 Å². The van der Waals surface area contributed by atoms with Crippen molar-refractivity contribution < 1.29 is 4.74 Å². The predicted molar refractivity (Wildman–Crippen MR) is 114 cm³/mol. The molecule has 0 bridgehead atoms. The molecule has 2 aromatic heterocycles. The average molecular weight is 416 g/mol. The monoisotopic (exact) mass is 416 g/mol. The first-order chi connectivity index (χ1) is 14.6. The van der Waals surface area contributed by atoms with Gasteiger partial charge in [0.1, 0.15) is 23.1 Å². The summed E-state index contributed by atoms with van der Waals surface area (Å²) >= 11 is 1.29. The van der Waals surface area contributed by atoms with Gasteiger partial charge in [0, 0.05) is 11.3 Å². The number of para-hydroxylation sites is 1. The summed E-state index contributed by atoms with van der Waals surface area (Å²) in [5.41, 5.74) is 1.83. The molecule has 148 valence electrons. The minimum Gasteiger partial charge on any atom is -0.497 e. The topological polar surface area (TPSA) is 106 Å². The minimum absolute atomic E-state index is 0.0172. The number of benzene rings is 2. The van der Waals surface area contributed by atoms with E-state index in [1.807, 2.05) is 36.4 Å². The van der Waals surface area contributed by atoms with E-state index in [0.717, 1.165) is 5.69 Å². The molecule has 0 atom stereocenters. The molecule has 2 heterocycles. The fraction of sp³-hybridized carbons (Fsp3) is 0.0952. The molecule has 4 aromatic rings. The summed E-state index contributed by atoms with van der Waals surface area (Å²) in [7, 11) is 1.56. The van der Waals surface area contributed by atoms with Crippen LogP contribution in [0.5, 0.6) is 5.75 Å². The Morgan fingerprint density at radius 2 is 1.83 bits per heavy atom. The molecular formula is C21H16N6O2S. The Morgan fingerprint density at radius 1 is 1.10 bits per heavy atom. The standard InChI is InChI=1S/C21H16N6O2S/c1-13-17(12-22)20(28)27(15-8-10-16(29-2)11-9-15)26-18(13)19-24-25-21(30-19)23-14-6-4-3-5-7-14/h3-11H,1-2H3,(H,23,25). The molecule has 0 saturated carbocycles. The number of nitrogens with one attached hydrogen (secondary N) is 1. The van der Waals surface area contributed by atoms with Crippen LogP contribution >= 0.6 is 11.3 Å². The van der Waals surface area contributed by atoms with Crippen molar-refractivity contribution in [2.24, 2.45) is 0 Å². The highest BCUT2D eigenvalue weighted by molar-refractivity contribution is 7.18. The second-order valence-electron chi connectivity index (χ2n) is 6.28. The lowest BCUT2D eigenvalue weighted by molar-refractivity contribution is 0.414. The number of hydrogen-bond donors (Lipinski definition) is 1. The van der Waals surface area contributed by atoms with Crippen LogP contribution in [-0.2, 0) is 0 Å². The molecule has 0 aliphatic carbocycles. The summed E-state index contributed by atoms with van der Waals surface area (Å²) in [5.74, 6) is 0.653. The highest BCUT2D eigenvalue weighted by Crippen LogP contribution is 2.29. The van der Waals surface area contributed by atoms with Gasteiger partial charge in [0.2, 0.25) is 5.13 Å². The number of aromatic nitrogens is 4. The van der Waals surface area contributed by atoms with Gasteiger partial charge in [-0.15, -0.1) is 10.2 Å². The van der Waals surface area contributed by atoms with Crippen molar-refractivity contribution in [3.8, 4) is 28.2 Å². The Labute approximate surface area is 176 Å². The molecule has 4 rings (SSSR count). The summed E-state index contributed by atoms with van der Waals surface area (Å²) in [5, 5.41) is 26.7. The first kappa shape index (κ1) is 19.3. The lowest BCUT2D eigenvalue weighted by Gasteiger charge is -2.10. The van der Waals surface area contributed by atoms with Gasteiger partial charge in [-0.05, 0) is 43.3 Å². The van der Waals surface area contributed by atoms with Gasteiger partial charge >= 0.3 is 0 Å². The number of ether oxygens (including phenoxy) is 1. The molecule has 0 aliphatic heterocycles. The van der Waals surface area contributed by atoms with Crippen molar-refractivity contribution >= 4 is 22.2 Å². The van der Waals surface area contributed by atoms with Gasteiger partial charge in [-0.2, -0.15) is 15.0 Å². The van der Waals surface area contributed by atoms with Gasteiger partial charge in [0.25, 0.3) is 5.56 Å². The highest BCUT2D eigenvalue weighted by Gasteiger charge is 2.19. The number of nitrogens with zero attached hydrogens (tertiary/aromatic N) is 5. The molecule has 0 saturated heterocycles. The molecule has 2 aromatic carbocycles. The molecule has 30 heavy (non-hydrogen) atoms. The molecule has 8 nitrogen and oxygen atoms in total. The van der Waals surface area contributed by atoms with Crippen LogP contribution < -0.4 is 15.6 Å². The molecular weight excluding hydrogens is 400 g/mol. The smallest absolute Gasteiger partial charge is 0.289 e. The van der Waals surface area contributed by atoms with E-state index in [2.05, 4.69) is 20.6 Å². The van der Waals surface area contributed by atoms with Crippen LogP contribution in [0.25, 0.3) is 16.4 Å². The molecule has 0 unspecified atom stereocenters. The third-order valence-corrected chi connectivity index (χ3v) is 5.26. The van der Waals surface area contributed by atoms with Crippen LogP contribution in [-0.4, -0.2) is 27.1 Å². The van der Waals surface area contributed by atoms with E-state index in [9.17, 15) is 10.1 Å². The van der Waals surface area contributed by atoms with Gasteiger partial charge in [0.15, 0.2) is 5.01 Å². The van der Waals surface area contributed by atoms with Crippen LogP contribution in [0, 0.1) is 18.3 Å². The second-order valence-corrected chi connectivity index (χ2v) is 7.26. The maximum Gasteiger partial charge on any atom is 0.289 e. The Morgan fingerprint density at radius 3 is 2.50 bits per heavy atom. The van der Waals surface area contributed by atoms with Gasteiger partial charge in [-0.25, -0.2) is 0 Å². The van der Waals surface area contributed by atoms with E-state index in [0.29, 0.717) is 32.8 Å².